The Morgan fingerprint density at radius 3 is 2.25 bits per heavy atom. The molecule has 0 aromatic heterocycles. The van der Waals surface area contributed by atoms with Gasteiger partial charge < -0.3 is 10.0 Å². The highest BCUT2D eigenvalue weighted by Gasteiger charge is 2.20. The van der Waals surface area contributed by atoms with Crippen molar-refractivity contribution in [2.75, 3.05) is 13.6 Å². The molecule has 0 radical (unpaired) electrons. The minimum Gasteiger partial charge on any atom is -0.393 e. The second-order valence-corrected chi connectivity index (χ2v) is 6.18. The molecule has 0 saturated heterocycles. The molecule has 0 bridgehead atoms. The van der Waals surface area contributed by atoms with E-state index >= 15 is 0 Å². The van der Waals surface area contributed by atoms with Crippen LogP contribution in [-0.4, -0.2) is 41.4 Å². The Kier molecular flexibility index (Phi) is 6.12. The van der Waals surface area contributed by atoms with E-state index in [9.17, 15) is 14.7 Å². The quantitative estimate of drug-likeness (QED) is 0.816. The van der Waals surface area contributed by atoms with Gasteiger partial charge >= 0.3 is 0 Å². The minimum absolute atomic E-state index is 0.223. The summed E-state index contributed by atoms with van der Waals surface area (Å²) in [7, 11) is 1.66. The summed E-state index contributed by atoms with van der Waals surface area (Å²) in [5.74, 6) is -0.465. The summed E-state index contributed by atoms with van der Waals surface area (Å²) >= 11 is 5.85. The Morgan fingerprint density at radius 2 is 1.67 bits per heavy atom. The predicted molar refractivity (Wildman–Crippen MR) is 94.6 cm³/mol. The van der Waals surface area contributed by atoms with Crippen molar-refractivity contribution in [1.82, 2.24) is 4.90 Å². The molecule has 0 heterocycles. The van der Waals surface area contributed by atoms with Crippen molar-refractivity contribution in [3.8, 4) is 0 Å². The highest BCUT2D eigenvalue weighted by molar-refractivity contribution is 6.30. The van der Waals surface area contributed by atoms with E-state index in [1.54, 1.807) is 62.5 Å². The second kappa shape index (κ2) is 8.08. The largest absolute Gasteiger partial charge is 0.393 e. The third-order valence-electron chi connectivity index (χ3n) is 3.74. The Bertz CT molecular complexity index is 726. The average Bonchev–Trinajstić information content (AvgIpc) is 2.59. The fourth-order valence-electron chi connectivity index (χ4n) is 2.31. The fourth-order valence-corrected chi connectivity index (χ4v) is 2.44. The average molecular weight is 346 g/mol. The van der Waals surface area contributed by atoms with Crippen LogP contribution in [0.4, 0.5) is 0 Å². The number of halogens is 1. The molecule has 2 rings (SSSR count). The molecule has 2 aromatic carbocycles. The predicted octanol–water partition coefficient (Wildman–Crippen LogP) is 3.41. The first kappa shape index (κ1) is 18.2. The van der Waals surface area contributed by atoms with Crippen LogP contribution >= 0.6 is 11.6 Å². The first-order valence-corrected chi connectivity index (χ1v) is 8.10. The van der Waals surface area contributed by atoms with Crippen molar-refractivity contribution in [1.29, 1.82) is 0 Å². The van der Waals surface area contributed by atoms with E-state index in [0.29, 0.717) is 34.7 Å². The first-order valence-electron chi connectivity index (χ1n) is 7.73. The fraction of sp³-hybridized carbons (Fsp3) is 0.263. The van der Waals surface area contributed by atoms with Gasteiger partial charge in [0.05, 0.1) is 11.7 Å². The molecule has 1 amide bonds. The molecule has 126 valence electrons. The summed E-state index contributed by atoms with van der Waals surface area (Å²) in [5, 5.41) is 9.91. The van der Waals surface area contributed by atoms with Crippen LogP contribution in [0.2, 0.25) is 5.02 Å². The number of carbonyl (C=O) groups excluding carboxylic acids is 2. The van der Waals surface area contributed by atoms with E-state index < -0.39 is 6.10 Å². The first-order chi connectivity index (χ1) is 11.4. The Labute approximate surface area is 146 Å². The number of ketones is 1. The number of benzene rings is 2. The van der Waals surface area contributed by atoms with Crippen LogP contribution in [0.15, 0.2) is 48.5 Å². The van der Waals surface area contributed by atoms with Crippen molar-refractivity contribution in [3.63, 3.8) is 0 Å². The Morgan fingerprint density at radius 1 is 1.08 bits per heavy atom. The normalized spacial score (nSPS) is 11.8. The van der Waals surface area contributed by atoms with Crippen LogP contribution in [-0.2, 0) is 0 Å². The van der Waals surface area contributed by atoms with Gasteiger partial charge in [0.2, 0.25) is 0 Å². The monoisotopic (exact) mass is 345 g/mol. The zero-order valence-electron chi connectivity index (χ0n) is 13.7. The van der Waals surface area contributed by atoms with E-state index in [1.165, 1.54) is 4.90 Å². The van der Waals surface area contributed by atoms with Gasteiger partial charge in [-0.05, 0) is 43.7 Å². The van der Waals surface area contributed by atoms with E-state index in [2.05, 4.69) is 0 Å². The molecule has 4 nitrogen and oxygen atoms in total. The van der Waals surface area contributed by atoms with Gasteiger partial charge in [-0.2, -0.15) is 0 Å². The highest BCUT2D eigenvalue weighted by atomic mass is 35.5. The molecule has 1 atom stereocenters. The summed E-state index contributed by atoms with van der Waals surface area (Å²) in [5.41, 5.74) is 1.19. The van der Waals surface area contributed by atoms with Crippen molar-refractivity contribution in [2.24, 2.45) is 0 Å². The molecule has 0 saturated carbocycles. The van der Waals surface area contributed by atoms with Crippen LogP contribution in [0.1, 0.15) is 39.6 Å². The summed E-state index contributed by atoms with van der Waals surface area (Å²) in [6.07, 6.45) is 0.00131. The van der Waals surface area contributed by atoms with Gasteiger partial charge in [-0.15, -0.1) is 0 Å². The molecular formula is C19H20ClNO3. The third kappa shape index (κ3) is 4.43. The molecule has 1 unspecified atom stereocenters. The topological polar surface area (TPSA) is 57.6 Å². The van der Waals surface area contributed by atoms with Gasteiger partial charge in [-0.3, -0.25) is 9.59 Å². The SMILES string of the molecule is CC(O)CCN(C)C(=O)c1ccccc1C(=O)c1ccc(Cl)cc1. The number of aliphatic hydroxyl groups excluding tert-OH is 1. The van der Waals surface area contributed by atoms with Gasteiger partial charge in [-0.25, -0.2) is 0 Å². The molecule has 0 aliphatic carbocycles. The lowest BCUT2D eigenvalue weighted by atomic mass is 9.97. The van der Waals surface area contributed by atoms with Crippen molar-refractivity contribution in [3.05, 3.63) is 70.2 Å². The molecule has 0 spiro atoms. The molecule has 0 aliphatic heterocycles. The van der Waals surface area contributed by atoms with Gasteiger partial charge in [0, 0.05) is 29.7 Å². The summed E-state index contributed by atoms with van der Waals surface area (Å²) in [6.45, 7) is 2.09. The van der Waals surface area contributed by atoms with Gasteiger partial charge in [0.1, 0.15) is 0 Å². The zero-order chi connectivity index (χ0) is 17.7. The minimum atomic E-state index is -0.480. The Hall–Kier alpha value is -2.17. The maximum absolute atomic E-state index is 12.7. The van der Waals surface area contributed by atoms with Crippen LogP contribution < -0.4 is 0 Å². The highest BCUT2D eigenvalue weighted by Crippen LogP contribution is 2.18. The number of carbonyl (C=O) groups is 2. The van der Waals surface area contributed by atoms with Crippen LogP contribution in [0.5, 0.6) is 0 Å². The number of nitrogens with zero attached hydrogens (tertiary/aromatic N) is 1. The number of hydrogen-bond acceptors (Lipinski definition) is 3. The van der Waals surface area contributed by atoms with Gasteiger partial charge in [-0.1, -0.05) is 29.8 Å². The zero-order valence-corrected chi connectivity index (χ0v) is 14.5. The van der Waals surface area contributed by atoms with Crippen LogP contribution in [0, 0.1) is 0 Å². The Balaban J connectivity index is 2.28. The standard InChI is InChI=1S/C19H20ClNO3/c1-13(22)11-12-21(2)19(24)17-6-4-3-5-16(17)18(23)14-7-9-15(20)10-8-14/h3-10,13,22H,11-12H2,1-2H3. The summed E-state index contributed by atoms with van der Waals surface area (Å²) in [4.78, 5) is 26.9. The van der Waals surface area contributed by atoms with E-state index in [0.717, 1.165) is 0 Å². The number of hydrogen-bond donors (Lipinski definition) is 1. The number of rotatable bonds is 6. The van der Waals surface area contributed by atoms with Crippen molar-refractivity contribution in [2.45, 2.75) is 19.4 Å². The third-order valence-corrected chi connectivity index (χ3v) is 3.99. The lowest BCUT2D eigenvalue weighted by molar-refractivity contribution is 0.0764. The summed E-state index contributed by atoms with van der Waals surface area (Å²) in [6, 6.07) is 13.3. The molecule has 5 heteroatoms. The molecule has 24 heavy (non-hydrogen) atoms. The van der Waals surface area contributed by atoms with Gasteiger partial charge in [0.15, 0.2) is 5.78 Å². The molecule has 0 fully saturated rings. The molecular weight excluding hydrogens is 326 g/mol. The van der Waals surface area contributed by atoms with E-state index in [1.807, 2.05) is 0 Å². The molecule has 2 aromatic rings. The van der Waals surface area contributed by atoms with E-state index in [-0.39, 0.29) is 11.7 Å². The van der Waals surface area contributed by atoms with Crippen molar-refractivity contribution < 1.29 is 14.7 Å². The van der Waals surface area contributed by atoms with Crippen molar-refractivity contribution >= 4 is 23.3 Å². The lowest BCUT2D eigenvalue weighted by Gasteiger charge is -2.19. The molecule has 0 aliphatic rings. The number of aliphatic hydroxyl groups is 1. The van der Waals surface area contributed by atoms with Crippen LogP contribution in [0.25, 0.3) is 0 Å². The maximum Gasteiger partial charge on any atom is 0.254 e. The smallest absolute Gasteiger partial charge is 0.254 e. The number of amides is 1. The maximum atomic E-state index is 12.7. The van der Waals surface area contributed by atoms with Gasteiger partial charge in [0.25, 0.3) is 5.91 Å². The summed E-state index contributed by atoms with van der Waals surface area (Å²) < 4.78 is 0. The lowest BCUT2D eigenvalue weighted by Crippen LogP contribution is -2.30. The molecule has 1 N–H and O–H groups in total. The van der Waals surface area contributed by atoms with E-state index in [4.69, 9.17) is 11.6 Å². The van der Waals surface area contributed by atoms with Crippen LogP contribution in [0.3, 0.4) is 0 Å². The second-order valence-electron chi connectivity index (χ2n) is 5.75.